The molecule has 0 aliphatic heterocycles. The maximum Gasteiger partial charge on any atom is 0.392 e. The van der Waals surface area contributed by atoms with Gasteiger partial charge in [0, 0.05) is 17.3 Å². The maximum atomic E-state index is 12.0. The predicted octanol–water partition coefficient (Wildman–Crippen LogP) is 3.15. The Kier molecular flexibility index (Phi) is 3.27. The van der Waals surface area contributed by atoms with Crippen LogP contribution in [0.1, 0.15) is 6.42 Å². The number of nitrogen functional groups attached to an aromatic ring is 1. The first-order valence-corrected chi connectivity index (χ1v) is 5.30. The normalized spacial score (nSPS) is 11.7. The summed E-state index contributed by atoms with van der Waals surface area (Å²) in [5.74, 6) is 0.309. The highest BCUT2D eigenvalue weighted by atomic mass is 19.4. The third-order valence-electron chi connectivity index (χ3n) is 2.41. The minimum Gasteiger partial charge on any atom is -0.491 e. The van der Waals surface area contributed by atoms with Crippen LogP contribution in [0.4, 0.5) is 18.9 Å². The summed E-state index contributed by atoms with van der Waals surface area (Å²) in [6.45, 7) is -0.431. The van der Waals surface area contributed by atoms with Gasteiger partial charge in [0.2, 0.25) is 0 Å². The van der Waals surface area contributed by atoms with Gasteiger partial charge in [-0.3, -0.25) is 4.98 Å². The highest BCUT2D eigenvalue weighted by Gasteiger charge is 2.27. The van der Waals surface area contributed by atoms with Crippen LogP contribution in [0, 0.1) is 0 Å². The van der Waals surface area contributed by atoms with Crippen LogP contribution in [-0.4, -0.2) is 17.8 Å². The molecule has 0 saturated heterocycles. The summed E-state index contributed by atoms with van der Waals surface area (Å²) in [5.41, 5.74) is 6.73. The minimum atomic E-state index is -4.23. The number of aromatic nitrogens is 1. The molecule has 3 nitrogen and oxygen atoms in total. The number of fused-ring (bicyclic) bond motifs is 1. The molecule has 1 heterocycles. The minimum absolute atomic E-state index is 0.309. The largest absolute Gasteiger partial charge is 0.491 e. The molecular formula is C12H11F3N2O. The molecule has 0 aliphatic rings. The number of nitrogens with zero attached hydrogens (tertiary/aromatic N) is 1. The van der Waals surface area contributed by atoms with Crippen LogP contribution in [0.2, 0.25) is 0 Å². The number of anilines is 1. The van der Waals surface area contributed by atoms with E-state index in [1.54, 1.807) is 24.4 Å². The average Bonchev–Trinajstić information content (AvgIpc) is 2.31. The van der Waals surface area contributed by atoms with Crippen molar-refractivity contribution in [3.63, 3.8) is 0 Å². The van der Waals surface area contributed by atoms with Gasteiger partial charge in [-0.15, -0.1) is 0 Å². The van der Waals surface area contributed by atoms with Crippen LogP contribution < -0.4 is 10.5 Å². The van der Waals surface area contributed by atoms with Gasteiger partial charge in [-0.05, 0) is 24.3 Å². The van der Waals surface area contributed by atoms with Crippen molar-refractivity contribution in [3.05, 3.63) is 30.5 Å². The second-order valence-corrected chi connectivity index (χ2v) is 3.77. The van der Waals surface area contributed by atoms with Gasteiger partial charge in [0.25, 0.3) is 0 Å². The van der Waals surface area contributed by atoms with E-state index in [4.69, 9.17) is 10.5 Å². The number of rotatable bonds is 3. The van der Waals surface area contributed by atoms with Crippen LogP contribution in [-0.2, 0) is 0 Å². The number of nitrogens with two attached hydrogens (primary N) is 1. The van der Waals surface area contributed by atoms with E-state index in [9.17, 15) is 13.2 Å². The third kappa shape index (κ3) is 2.82. The van der Waals surface area contributed by atoms with Gasteiger partial charge in [-0.2, -0.15) is 13.2 Å². The van der Waals surface area contributed by atoms with Crippen molar-refractivity contribution in [3.8, 4) is 5.75 Å². The Morgan fingerprint density at radius 1 is 1.22 bits per heavy atom. The maximum absolute atomic E-state index is 12.0. The first kappa shape index (κ1) is 12.5. The molecule has 0 aliphatic carbocycles. The summed E-state index contributed by atoms with van der Waals surface area (Å²) >= 11 is 0. The Labute approximate surface area is 101 Å². The van der Waals surface area contributed by atoms with Crippen molar-refractivity contribution in [2.24, 2.45) is 0 Å². The van der Waals surface area contributed by atoms with E-state index in [1.807, 2.05) is 0 Å². The lowest BCUT2D eigenvalue weighted by Crippen LogP contribution is -2.13. The van der Waals surface area contributed by atoms with Gasteiger partial charge < -0.3 is 10.5 Å². The molecule has 1 aromatic heterocycles. The Hall–Kier alpha value is -1.98. The van der Waals surface area contributed by atoms with Crippen LogP contribution in [0.5, 0.6) is 5.75 Å². The van der Waals surface area contributed by atoms with Crippen molar-refractivity contribution in [1.29, 1.82) is 0 Å². The first-order valence-electron chi connectivity index (χ1n) is 5.30. The van der Waals surface area contributed by atoms with Crippen molar-refractivity contribution in [1.82, 2.24) is 4.98 Å². The molecule has 0 radical (unpaired) electrons. The highest BCUT2D eigenvalue weighted by Crippen LogP contribution is 2.28. The molecule has 18 heavy (non-hydrogen) atoms. The fourth-order valence-electron chi connectivity index (χ4n) is 1.56. The Morgan fingerprint density at radius 3 is 2.72 bits per heavy atom. The van der Waals surface area contributed by atoms with E-state index < -0.39 is 19.2 Å². The van der Waals surface area contributed by atoms with Gasteiger partial charge in [-0.25, -0.2) is 0 Å². The molecule has 0 spiro atoms. The number of hydrogen-bond acceptors (Lipinski definition) is 3. The molecule has 0 amide bonds. The van der Waals surface area contributed by atoms with Gasteiger partial charge in [0.15, 0.2) is 0 Å². The summed E-state index contributed by atoms with van der Waals surface area (Å²) in [5, 5.41) is 0.669. The standard InChI is InChI=1S/C12H11F3N2O/c13-12(14,15)5-7-18-10-4-3-9(16)8-2-1-6-17-11(8)10/h1-4,6H,5,7,16H2. The van der Waals surface area contributed by atoms with Crippen molar-refractivity contribution < 1.29 is 17.9 Å². The predicted molar refractivity (Wildman–Crippen MR) is 62.3 cm³/mol. The lowest BCUT2D eigenvalue weighted by molar-refractivity contribution is -0.139. The SMILES string of the molecule is Nc1ccc(OCCC(F)(F)F)c2ncccc12. The number of alkyl halides is 3. The number of hydrogen-bond donors (Lipinski definition) is 1. The molecule has 2 rings (SSSR count). The molecule has 0 atom stereocenters. The third-order valence-corrected chi connectivity index (χ3v) is 2.41. The fraction of sp³-hybridized carbons (Fsp3) is 0.250. The second kappa shape index (κ2) is 4.72. The number of halogens is 3. The van der Waals surface area contributed by atoms with Crippen LogP contribution in [0.25, 0.3) is 10.9 Å². The Balaban J connectivity index is 2.21. The number of pyridine rings is 1. The quantitative estimate of drug-likeness (QED) is 0.858. The van der Waals surface area contributed by atoms with Gasteiger partial charge in [0.1, 0.15) is 11.3 Å². The van der Waals surface area contributed by atoms with Crippen molar-refractivity contribution in [2.45, 2.75) is 12.6 Å². The number of ether oxygens (including phenoxy) is 1. The first-order chi connectivity index (χ1) is 8.47. The second-order valence-electron chi connectivity index (χ2n) is 3.77. The van der Waals surface area contributed by atoms with Gasteiger partial charge in [0.05, 0.1) is 13.0 Å². The smallest absolute Gasteiger partial charge is 0.392 e. The molecule has 1 aromatic carbocycles. The molecule has 2 aromatic rings. The lowest BCUT2D eigenvalue weighted by atomic mass is 10.1. The van der Waals surface area contributed by atoms with Crippen molar-refractivity contribution >= 4 is 16.6 Å². The summed E-state index contributed by atoms with van der Waals surface area (Å²) in [6, 6.07) is 6.57. The molecule has 0 saturated carbocycles. The van der Waals surface area contributed by atoms with Crippen LogP contribution >= 0.6 is 0 Å². The van der Waals surface area contributed by atoms with E-state index in [0.717, 1.165) is 0 Å². The topological polar surface area (TPSA) is 48.1 Å². The zero-order valence-corrected chi connectivity index (χ0v) is 9.37. The molecular weight excluding hydrogens is 245 g/mol. The molecule has 0 unspecified atom stereocenters. The lowest BCUT2D eigenvalue weighted by Gasteiger charge is -2.11. The van der Waals surface area contributed by atoms with E-state index >= 15 is 0 Å². The molecule has 0 bridgehead atoms. The monoisotopic (exact) mass is 256 g/mol. The summed E-state index contributed by atoms with van der Waals surface area (Å²) in [6.07, 6.45) is -3.68. The van der Waals surface area contributed by atoms with E-state index in [-0.39, 0.29) is 0 Å². The zero-order chi connectivity index (χ0) is 13.2. The number of benzene rings is 1. The Morgan fingerprint density at radius 2 is 2.00 bits per heavy atom. The van der Waals surface area contributed by atoms with E-state index in [2.05, 4.69) is 4.98 Å². The summed E-state index contributed by atoms with van der Waals surface area (Å²) < 4.78 is 41.2. The molecule has 0 fully saturated rings. The average molecular weight is 256 g/mol. The zero-order valence-electron chi connectivity index (χ0n) is 9.37. The van der Waals surface area contributed by atoms with E-state index in [0.29, 0.717) is 22.3 Å². The molecule has 6 heteroatoms. The van der Waals surface area contributed by atoms with Crippen molar-refractivity contribution in [2.75, 3.05) is 12.3 Å². The van der Waals surface area contributed by atoms with Gasteiger partial charge >= 0.3 is 6.18 Å². The highest BCUT2D eigenvalue weighted by molar-refractivity contribution is 5.94. The fourth-order valence-corrected chi connectivity index (χ4v) is 1.56. The summed E-state index contributed by atoms with van der Waals surface area (Å²) in [7, 11) is 0. The molecule has 2 N–H and O–H groups in total. The molecule has 96 valence electrons. The van der Waals surface area contributed by atoms with Gasteiger partial charge in [-0.1, -0.05) is 0 Å². The Bertz CT molecular complexity index is 555. The van der Waals surface area contributed by atoms with Crippen LogP contribution in [0.3, 0.4) is 0 Å². The van der Waals surface area contributed by atoms with E-state index in [1.165, 1.54) is 6.07 Å². The summed E-state index contributed by atoms with van der Waals surface area (Å²) in [4.78, 5) is 4.07. The van der Waals surface area contributed by atoms with Crippen LogP contribution in [0.15, 0.2) is 30.5 Å².